The van der Waals surface area contributed by atoms with Gasteiger partial charge in [0.25, 0.3) is 0 Å². The summed E-state index contributed by atoms with van der Waals surface area (Å²) in [5.41, 5.74) is -0.0508. The first-order valence-electron chi connectivity index (χ1n) is 8.12. The Morgan fingerprint density at radius 2 is 2.00 bits per heavy atom. The van der Waals surface area contributed by atoms with Crippen LogP contribution in [0.1, 0.15) is 39.5 Å². The molecule has 2 amide bonds. The lowest BCUT2D eigenvalue weighted by atomic mass is 9.89. The summed E-state index contributed by atoms with van der Waals surface area (Å²) in [4.78, 5) is 16.2. The van der Waals surface area contributed by atoms with Crippen LogP contribution in [0.3, 0.4) is 0 Å². The SMILES string of the molecule is CN1CCC(CN(C)C(=O)NCCCC(C)(C)CO)CC1. The molecule has 0 saturated carbocycles. The summed E-state index contributed by atoms with van der Waals surface area (Å²) < 4.78 is 0. The fraction of sp³-hybridized carbons (Fsp3) is 0.938. The van der Waals surface area contributed by atoms with Gasteiger partial charge in [-0.25, -0.2) is 4.79 Å². The van der Waals surface area contributed by atoms with Gasteiger partial charge in [-0.2, -0.15) is 0 Å². The standard InChI is InChI=1S/C16H33N3O2/c1-16(2,13-20)8-5-9-17-15(21)19(4)12-14-6-10-18(3)11-7-14/h14,20H,5-13H2,1-4H3,(H,17,21). The van der Waals surface area contributed by atoms with Crippen molar-refractivity contribution in [3.8, 4) is 0 Å². The van der Waals surface area contributed by atoms with E-state index in [1.165, 1.54) is 12.8 Å². The van der Waals surface area contributed by atoms with Crippen LogP contribution < -0.4 is 5.32 Å². The Kier molecular flexibility index (Phi) is 7.46. The molecule has 1 aliphatic rings. The molecule has 0 atom stereocenters. The second-order valence-electron chi connectivity index (χ2n) is 7.28. The monoisotopic (exact) mass is 299 g/mol. The molecular weight excluding hydrogens is 266 g/mol. The molecule has 5 nitrogen and oxygen atoms in total. The van der Waals surface area contributed by atoms with Gasteiger partial charge in [0.05, 0.1) is 0 Å². The molecule has 1 fully saturated rings. The minimum atomic E-state index is -0.0508. The van der Waals surface area contributed by atoms with Crippen molar-refractivity contribution in [3.63, 3.8) is 0 Å². The van der Waals surface area contributed by atoms with Crippen LogP contribution in [0.2, 0.25) is 0 Å². The molecule has 1 aliphatic heterocycles. The number of aliphatic hydroxyl groups is 1. The molecule has 2 N–H and O–H groups in total. The van der Waals surface area contributed by atoms with Crippen LogP contribution >= 0.6 is 0 Å². The van der Waals surface area contributed by atoms with Crippen molar-refractivity contribution in [2.24, 2.45) is 11.3 Å². The van der Waals surface area contributed by atoms with Crippen LogP contribution in [-0.4, -0.2) is 67.8 Å². The molecule has 0 bridgehead atoms. The number of carbonyl (C=O) groups is 1. The number of likely N-dealkylation sites (tertiary alicyclic amines) is 1. The van der Waals surface area contributed by atoms with E-state index in [2.05, 4.69) is 17.3 Å². The summed E-state index contributed by atoms with van der Waals surface area (Å²) in [6, 6.07) is 0.0238. The van der Waals surface area contributed by atoms with Gasteiger partial charge >= 0.3 is 6.03 Å². The second-order valence-corrected chi connectivity index (χ2v) is 7.28. The quantitative estimate of drug-likeness (QED) is 0.704. The van der Waals surface area contributed by atoms with E-state index in [0.29, 0.717) is 12.5 Å². The number of nitrogens with zero attached hydrogens (tertiary/aromatic N) is 2. The maximum Gasteiger partial charge on any atom is 0.317 e. The number of hydrogen-bond donors (Lipinski definition) is 2. The molecule has 0 spiro atoms. The van der Waals surface area contributed by atoms with Gasteiger partial charge in [-0.1, -0.05) is 13.8 Å². The summed E-state index contributed by atoms with van der Waals surface area (Å²) >= 11 is 0. The second kappa shape index (κ2) is 8.59. The fourth-order valence-electron chi connectivity index (χ4n) is 2.69. The van der Waals surface area contributed by atoms with Gasteiger partial charge in [0.2, 0.25) is 0 Å². The molecule has 0 unspecified atom stereocenters. The highest BCUT2D eigenvalue weighted by Crippen LogP contribution is 2.20. The maximum absolute atomic E-state index is 12.0. The first-order valence-corrected chi connectivity index (χ1v) is 8.12. The number of aliphatic hydroxyl groups excluding tert-OH is 1. The van der Waals surface area contributed by atoms with E-state index < -0.39 is 0 Å². The maximum atomic E-state index is 12.0. The third kappa shape index (κ3) is 7.14. The van der Waals surface area contributed by atoms with Crippen molar-refractivity contribution in [3.05, 3.63) is 0 Å². The summed E-state index contributed by atoms with van der Waals surface area (Å²) in [7, 11) is 4.03. The number of carbonyl (C=O) groups excluding carboxylic acids is 1. The average molecular weight is 299 g/mol. The highest BCUT2D eigenvalue weighted by Gasteiger charge is 2.20. The average Bonchev–Trinajstić information content (AvgIpc) is 2.45. The van der Waals surface area contributed by atoms with E-state index >= 15 is 0 Å². The largest absolute Gasteiger partial charge is 0.396 e. The predicted octanol–water partition coefficient (Wildman–Crippen LogP) is 1.77. The van der Waals surface area contributed by atoms with Crippen LogP contribution in [0.5, 0.6) is 0 Å². The third-order valence-electron chi connectivity index (χ3n) is 4.45. The first kappa shape index (κ1) is 18.2. The molecule has 0 aromatic heterocycles. The fourth-order valence-corrected chi connectivity index (χ4v) is 2.69. The Morgan fingerprint density at radius 1 is 1.38 bits per heavy atom. The van der Waals surface area contributed by atoms with Crippen LogP contribution in [0, 0.1) is 11.3 Å². The van der Waals surface area contributed by atoms with Gasteiger partial charge < -0.3 is 20.2 Å². The number of rotatable bonds is 7. The van der Waals surface area contributed by atoms with E-state index in [-0.39, 0.29) is 18.1 Å². The number of hydrogen-bond acceptors (Lipinski definition) is 3. The van der Waals surface area contributed by atoms with E-state index in [0.717, 1.165) is 32.5 Å². The minimum absolute atomic E-state index is 0.0238. The predicted molar refractivity (Wildman–Crippen MR) is 86.4 cm³/mol. The molecule has 124 valence electrons. The Labute approximate surface area is 129 Å². The Bertz CT molecular complexity index is 313. The van der Waals surface area contributed by atoms with E-state index in [1.807, 2.05) is 25.8 Å². The number of urea groups is 1. The first-order chi connectivity index (χ1) is 9.84. The summed E-state index contributed by atoms with van der Waals surface area (Å²) in [5, 5.41) is 12.2. The highest BCUT2D eigenvalue weighted by molar-refractivity contribution is 5.73. The topological polar surface area (TPSA) is 55.8 Å². The van der Waals surface area contributed by atoms with Crippen molar-refractivity contribution in [2.45, 2.75) is 39.5 Å². The van der Waals surface area contributed by atoms with Gasteiger partial charge in [-0.15, -0.1) is 0 Å². The molecule has 1 rings (SSSR count). The normalized spacial score (nSPS) is 17.8. The Hall–Kier alpha value is -0.810. The van der Waals surface area contributed by atoms with Crippen LogP contribution in [0.15, 0.2) is 0 Å². The van der Waals surface area contributed by atoms with E-state index in [9.17, 15) is 9.90 Å². The molecule has 0 aromatic carbocycles. The number of amides is 2. The lowest BCUT2D eigenvalue weighted by Crippen LogP contribution is -2.42. The lowest BCUT2D eigenvalue weighted by Gasteiger charge is -2.31. The number of nitrogens with one attached hydrogen (secondary N) is 1. The van der Waals surface area contributed by atoms with Crippen molar-refractivity contribution in [1.29, 1.82) is 0 Å². The molecule has 21 heavy (non-hydrogen) atoms. The zero-order chi connectivity index (χ0) is 15.9. The van der Waals surface area contributed by atoms with Crippen molar-refractivity contribution in [2.75, 3.05) is 46.9 Å². The van der Waals surface area contributed by atoms with Gasteiger partial charge in [0, 0.05) is 26.7 Å². The van der Waals surface area contributed by atoms with Gasteiger partial charge in [0.1, 0.15) is 0 Å². The zero-order valence-electron chi connectivity index (χ0n) is 14.2. The van der Waals surface area contributed by atoms with Crippen LogP contribution in [0.25, 0.3) is 0 Å². The molecule has 1 heterocycles. The Balaban J connectivity index is 2.16. The van der Waals surface area contributed by atoms with Gasteiger partial charge in [-0.05, 0) is 57.2 Å². The molecule has 1 saturated heterocycles. The molecular formula is C16H33N3O2. The van der Waals surface area contributed by atoms with Crippen molar-refractivity contribution < 1.29 is 9.90 Å². The smallest absolute Gasteiger partial charge is 0.317 e. The summed E-state index contributed by atoms with van der Waals surface area (Å²) in [5.74, 6) is 0.630. The number of piperidine rings is 1. The minimum Gasteiger partial charge on any atom is -0.396 e. The molecule has 0 radical (unpaired) electrons. The Morgan fingerprint density at radius 3 is 2.57 bits per heavy atom. The molecule has 0 aromatic rings. The lowest BCUT2D eigenvalue weighted by molar-refractivity contribution is 0.147. The van der Waals surface area contributed by atoms with Crippen molar-refractivity contribution in [1.82, 2.24) is 15.1 Å². The zero-order valence-corrected chi connectivity index (χ0v) is 14.2. The van der Waals surface area contributed by atoms with Gasteiger partial charge in [-0.3, -0.25) is 0 Å². The van der Waals surface area contributed by atoms with Gasteiger partial charge in [0.15, 0.2) is 0 Å². The van der Waals surface area contributed by atoms with E-state index in [1.54, 1.807) is 0 Å². The van der Waals surface area contributed by atoms with Crippen molar-refractivity contribution >= 4 is 6.03 Å². The summed E-state index contributed by atoms with van der Waals surface area (Å²) in [6.07, 6.45) is 4.18. The van der Waals surface area contributed by atoms with Crippen LogP contribution in [-0.2, 0) is 0 Å². The van der Waals surface area contributed by atoms with E-state index in [4.69, 9.17) is 0 Å². The third-order valence-corrected chi connectivity index (χ3v) is 4.45. The highest BCUT2D eigenvalue weighted by atomic mass is 16.3. The molecule has 0 aliphatic carbocycles. The summed E-state index contributed by atoms with van der Waals surface area (Å²) in [6.45, 7) is 8.08. The van der Waals surface area contributed by atoms with Crippen LogP contribution in [0.4, 0.5) is 4.79 Å². The molecule has 5 heteroatoms.